The van der Waals surface area contributed by atoms with Crippen molar-refractivity contribution in [2.24, 2.45) is 0 Å². The van der Waals surface area contributed by atoms with Crippen LogP contribution in [0.4, 0.5) is 0 Å². The van der Waals surface area contributed by atoms with Crippen LogP contribution in [0.25, 0.3) is 6.08 Å². The molecule has 0 bridgehead atoms. The van der Waals surface area contributed by atoms with Crippen molar-refractivity contribution in [3.63, 3.8) is 0 Å². The molecule has 1 aliphatic heterocycles. The lowest BCUT2D eigenvalue weighted by molar-refractivity contribution is -0.114. The van der Waals surface area contributed by atoms with Gasteiger partial charge < -0.3 is 9.47 Å². The van der Waals surface area contributed by atoms with Gasteiger partial charge in [-0.25, -0.2) is 4.98 Å². The maximum absolute atomic E-state index is 12.6. The van der Waals surface area contributed by atoms with E-state index in [2.05, 4.69) is 4.98 Å². The van der Waals surface area contributed by atoms with Crippen LogP contribution < -0.4 is 9.47 Å². The second-order valence-electron chi connectivity index (χ2n) is 4.75. The van der Waals surface area contributed by atoms with Gasteiger partial charge in [-0.05, 0) is 24.3 Å². The van der Waals surface area contributed by atoms with Crippen LogP contribution in [0.5, 0.6) is 11.5 Å². The molecule has 2 aromatic rings. The summed E-state index contributed by atoms with van der Waals surface area (Å²) in [5.74, 6) is 0.651. The molecule has 0 amide bonds. The Morgan fingerprint density at radius 3 is 2.78 bits per heavy atom. The number of methoxy groups -OCH3 is 2. The van der Waals surface area contributed by atoms with E-state index in [0.29, 0.717) is 26.5 Å². The van der Waals surface area contributed by atoms with Crippen molar-refractivity contribution >= 4 is 40.0 Å². The smallest absolute Gasteiger partial charge is 0.186 e. The van der Waals surface area contributed by atoms with E-state index >= 15 is 0 Å². The van der Waals surface area contributed by atoms with Gasteiger partial charge in [-0.15, -0.1) is 11.3 Å². The van der Waals surface area contributed by atoms with E-state index in [1.807, 2.05) is 5.38 Å². The molecule has 5 nitrogen and oxygen atoms in total. The molecular formula is C16H14N2O3S2. The molecule has 0 spiro atoms. The van der Waals surface area contributed by atoms with Gasteiger partial charge in [0.05, 0.1) is 24.2 Å². The van der Waals surface area contributed by atoms with Gasteiger partial charge in [-0.2, -0.15) is 0 Å². The fourth-order valence-electron chi connectivity index (χ4n) is 2.28. The molecule has 118 valence electrons. The van der Waals surface area contributed by atoms with Crippen molar-refractivity contribution in [2.45, 2.75) is 5.92 Å². The Morgan fingerprint density at radius 2 is 2.13 bits per heavy atom. The summed E-state index contributed by atoms with van der Waals surface area (Å²) in [5, 5.41) is 10.9. The van der Waals surface area contributed by atoms with E-state index in [1.165, 1.54) is 23.1 Å². The Labute approximate surface area is 141 Å². The van der Waals surface area contributed by atoms with Crippen LogP contribution in [-0.4, -0.2) is 30.0 Å². The first-order valence-electron chi connectivity index (χ1n) is 6.77. The number of hydrogen-bond acceptors (Lipinski definition) is 7. The number of aromatic nitrogens is 1. The highest BCUT2D eigenvalue weighted by Gasteiger charge is 2.38. The van der Waals surface area contributed by atoms with E-state index in [9.17, 15) is 4.79 Å². The van der Waals surface area contributed by atoms with Crippen molar-refractivity contribution in [1.82, 2.24) is 4.98 Å². The van der Waals surface area contributed by atoms with Crippen LogP contribution in [-0.2, 0) is 4.79 Å². The Balaban J connectivity index is 1.98. The summed E-state index contributed by atoms with van der Waals surface area (Å²) in [5.41, 5.74) is 0.746. The van der Waals surface area contributed by atoms with Gasteiger partial charge in [0.15, 0.2) is 5.78 Å². The topological polar surface area (TPSA) is 72.3 Å². The molecule has 0 aliphatic carbocycles. The summed E-state index contributed by atoms with van der Waals surface area (Å²) in [7, 11) is 3.16. The van der Waals surface area contributed by atoms with E-state index in [0.717, 1.165) is 5.56 Å². The summed E-state index contributed by atoms with van der Waals surface area (Å²) in [6, 6.07) is 5.39. The first-order valence-corrected chi connectivity index (χ1v) is 8.47. The van der Waals surface area contributed by atoms with Gasteiger partial charge in [-0.3, -0.25) is 10.2 Å². The Morgan fingerprint density at radius 1 is 1.30 bits per heavy atom. The number of nitrogens with one attached hydrogen (secondary N) is 1. The molecular weight excluding hydrogens is 332 g/mol. The predicted molar refractivity (Wildman–Crippen MR) is 92.7 cm³/mol. The summed E-state index contributed by atoms with van der Waals surface area (Å²) in [6.45, 7) is 0. The zero-order valence-electron chi connectivity index (χ0n) is 12.5. The van der Waals surface area contributed by atoms with E-state index in [4.69, 9.17) is 14.9 Å². The molecule has 0 saturated carbocycles. The number of nitrogens with zero attached hydrogens (tertiary/aromatic N) is 1. The monoisotopic (exact) mass is 346 g/mol. The van der Waals surface area contributed by atoms with Crippen LogP contribution in [0.15, 0.2) is 34.7 Å². The number of rotatable bonds is 4. The van der Waals surface area contributed by atoms with Crippen molar-refractivity contribution < 1.29 is 14.3 Å². The molecule has 1 N–H and O–H groups in total. The molecule has 1 aliphatic rings. The highest BCUT2D eigenvalue weighted by atomic mass is 32.2. The molecule has 1 aromatic carbocycles. The van der Waals surface area contributed by atoms with Gasteiger partial charge in [0, 0.05) is 17.1 Å². The summed E-state index contributed by atoms with van der Waals surface area (Å²) in [6.07, 6.45) is 3.40. The number of ketones is 1. The maximum atomic E-state index is 12.6. The number of thioether (sulfide) groups is 1. The van der Waals surface area contributed by atoms with E-state index in [1.54, 1.807) is 44.7 Å². The highest BCUT2D eigenvalue weighted by Crippen LogP contribution is 2.42. The van der Waals surface area contributed by atoms with Gasteiger partial charge in [-0.1, -0.05) is 11.8 Å². The summed E-state index contributed by atoms with van der Waals surface area (Å²) in [4.78, 5) is 17.3. The Kier molecular flexibility index (Phi) is 4.49. The Bertz CT molecular complexity index is 785. The van der Waals surface area contributed by atoms with Crippen molar-refractivity contribution in [1.29, 1.82) is 5.41 Å². The predicted octanol–water partition coefficient (Wildman–Crippen LogP) is 3.58. The minimum absolute atomic E-state index is 0.0974. The Hall–Kier alpha value is -2.12. The molecule has 1 unspecified atom stereocenters. The summed E-state index contributed by atoms with van der Waals surface area (Å²) < 4.78 is 10.6. The lowest BCUT2D eigenvalue weighted by Gasteiger charge is -2.07. The largest absolute Gasteiger partial charge is 0.497 e. The number of ether oxygens (including phenoxy) is 2. The highest BCUT2D eigenvalue weighted by molar-refractivity contribution is 8.19. The van der Waals surface area contributed by atoms with E-state index in [-0.39, 0.29) is 5.78 Å². The quantitative estimate of drug-likeness (QED) is 0.857. The number of thiazole rings is 1. The molecule has 23 heavy (non-hydrogen) atoms. The molecule has 1 atom stereocenters. The minimum atomic E-state index is -0.581. The lowest BCUT2D eigenvalue weighted by Crippen LogP contribution is -2.11. The molecule has 0 radical (unpaired) electrons. The summed E-state index contributed by atoms with van der Waals surface area (Å²) >= 11 is 2.56. The SMILES string of the molecule is COc1ccc(OC)c(C=C2SC(=N)C(c3nccs3)C2=O)c1. The van der Waals surface area contributed by atoms with Crippen molar-refractivity contribution in [3.05, 3.63) is 45.3 Å². The third kappa shape index (κ3) is 3.02. The minimum Gasteiger partial charge on any atom is -0.497 e. The standard InChI is InChI=1S/C16H14N2O3S2/c1-20-10-3-4-11(21-2)9(7-10)8-12-14(19)13(15(17)23-12)16-18-5-6-22-16/h3-8,13,17H,1-2H3. The molecule has 3 rings (SSSR count). The molecule has 1 fully saturated rings. The molecule has 2 heterocycles. The van der Waals surface area contributed by atoms with Crippen LogP contribution in [0, 0.1) is 5.41 Å². The second kappa shape index (κ2) is 6.55. The third-order valence-electron chi connectivity index (χ3n) is 3.41. The van der Waals surface area contributed by atoms with Crippen LogP contribution >= 0.6 is 23.1 Å². The van der Waals surface area contributed by atoms with E-state index < -0.39 is 5.92 Å². The van der Waals surface area contributed by atoms with Gasteiger partial charge in [0.25, 0.3) is 0 Å². The number of carbonyl (C=O) groups excluding carboxylic acids is 1. The number of carbonyl (C=O) groups is 1. The van der Waals surface area contributed by atoms with Gasteiger partial charge >= 0.3 is 0 Å². The molecule has 1 saturated heterocycles. The molecule has 1 aromatic heterocycles. The van der Waals surface area contributed by atoms with Crippen LogP contribution in [0.2, 0.25) is 0 Å². The second-order valence-corrected chi connectivity index (χ2v) is 6.76. The van der Waals surface area contributed by atoms with Gasteiger partial charge in [0.1, 0.15) is 22.4 Å². The first kappa shape index (κ1) is 15.8. The maximum Gasteiger partial charge on any atom is 0.186 e. The molecule has 7 heteroatoms. The van der Waals surface area contributed by atoms with Crippen molar-refractivity contribution in [2.75, 3.05) is 14.2 Å². The van der Waals surface area contributed by atoms with Crippen molar-refractivity contribution in [3.8, 4) is 11.5 Å². The fourth-order valence-corrected chi connectivity index (χ4v) is 4.08. The van der Waals surface area contributed by atoms with Crippen LogP contribution in [0.3, 0.4) is 0 Å². The number of benzene rings is 1. The fraction of sp³-hybridized carbons (Fsp3) is 0.188. The normalized spacial score (nSPS) is 19.4. The zero-order valence-corrected chi connectivity index (χ0v) is 14.2. The number of allylic oxidation sites excluding steroid dienone is 1. The third-order valence-corrected chi connectivity index (χ3v) is 5.24. The van der Waals surface area contributed by atoms with Crippen LogP contribution in [0.1, 0.15) is 16.5 Å². The first-order chi connectivity index (χ1) is 11.1. The lowest BCUT2D eigenvalue weighted by atomic mass is 10.0. The average Bonchev–Trinajstić information content (AvgIpc) is 3.16. The van der Waals surface area contributed by atoms with Gasteiger partial charge in [0.2, 0.25) is 0 Å². The zero-order chi connectivity index (χ0) is 16.4. The number of Topliss-reactive ketones (excluding diaryl/α,β-unsaturated/α-hetero) is 1. The average molecular weight is 346 g/mol. The number of hydrogen-bond donors (Lipinski definition) is 1.